The van der Waals surface area contributed by atoms with Gasteiger partial charge in [-0.15, -0.1) is 0 Å². The zero-order valence-electron chi connectivity index (χ0n) is 32.2. The molecule has 7 heteroatoms. The second-order valence-electron chi connectivity index (χ2n) is 19.1. The Hall–Kier alpha value is -2.84. The summed E-state index contributed by atoms with van der Waals surface area (Å²) in [5, 5.41) is 35.5. The Labute approximate surface area is 302 Å². The van der Waals surface area contributed by atoms with Gasteiger partial charge in [0.25, 0.3) is 0 Å². The van der Waals surface area contributed by atoms with Crippen LogP contribution in [0.15, 0.2) is 36.4 Å². The van der Waals surface area contributed by atoms with Crippen LogP contribution in [-0.2, 0) is 21.4 Å². The molecule has 2 aliphatic heterocycles. The summed E-state index contributed by atoms with van der Waals surface area (Å²) in [5.74, 6) is -0.507. The van der Waals surface area contributed by atoms with E-state index < -0.39 is 46.9 Å². The summed E-state index contributed by atoms with van der Waals surface area (Å²) in [6.07, 6.45) is 8.13. The molecule has 3 N–H and O–H groups in total. The van der Waals surface area contributed by atoms with Gasteiger partial charge in [0.1, 0.15) is 11.8 Å². The summed E-state index contributed by atoms with van der Waals surface area (Å²) >= 11 is 0. The van der Waals surface area contributed by atoms with Crippen molar-refractivity contribution in [2.24, 2.45) is 34.5 Å². The number of aliphatic hydroxyl groups is 3. The molecule has 7 nitrogen and oxygen atoms in total. The zero-order valence-corrected chi connectivity index (χ0v) is 32.2. The second kappa shape index (κ2) is 10.6. The fourth-order valence-electron chi connectivity index (χ4n) is 13.1. The van der Waals surface area contributed by atoms with Crippen LogP contribution in [-0.4, -0.2) is 54.9 Å². The largest absolute Gasteiger partial charge is 0.392 e. The quantitative estimate of drug-likeness (QED) is 0.276. The molecule has 0 amide bonds. The first-order valence-corrected chi connectivity index (χ1v) is 19.2. The van der Waals surface area contributed by atoms with E-state index in [1.807, 2.05) is 26.8 Å². The number of benzene rings is 1. The molecule has 2 saturated carbocycles. The minimum absolute atomic E-state index is 0.0169. The van der Waals surface area contributed by atoms with Gasteiger partial charge in [-0.05, 0) is 127 Å². The molecule has 51 heavy (non-hydrogen) atoms. The monoisotopic (exact) mass is 695 g/mol. The van der Waals surface area contributed by atoms with Crippen LogP contribution in [0.1, 0.15) is 140 Å². The van der Waals surface area contributed by atoms with Crippen molar-refractivity contribution >= 4 is 28.0 Å². The van der Waals surface area contributed by atoms with E-state index in [2.05, 4.69) is 64.0 Å². The molecular weight excluding hydrogens is 638 g/mol. The van der Waals surface area contributed by atoms with Gasteiger partial charge in [0, 0.05) is 33.4 Å². The van der Waals surface area contributed by atoms with Crippen LogP contribution < -0.4 is 0 Å². The number of rotatable bonds is 5. The number of hydrogen-bond acceptors (Lipinski definition) is 6. The van der Waals surface area contributed by atoms with E-state index in [1.54, 1.807) is 6.92 Å². The van der Waals surface area contributed by atoms with Gasteiger partial charge in [-0.3, -0.25) is 9.59 Å². The van der Waals surface area contributed by atoms with E-state index in [4.69, 9.17) is 4.74 Å². The Balaban J connectivity index is 1.36. The molecule has 0 spiro atoms. The van der Waals surface area contributed by atoms with Crippen molar-refractivity contribution in [1.29, 1.82) is 0 Å². The molecule has 6 aliphatic rings. The summed E-state index contributed by atoms with van der Waals surface area (Å²) in [5.41, 5.74) is 5.43. The molecule has 2 aromatic rings. The molecule has 274 valence electrons. The Morgan fingerprint density at radius 2 is 1.76 bits per heavy atom. The Morgan fingerprint density at radius 1 is 1.08 bits per heavy atom. The molecule has 4 aliphatic carbocycles. The highest BCUT2D eigenvalue weighted by Gasteiger charge is 2.68. The van der Waals surface area contributed by atoms with Crippen molar-refractivity contribution in [3.05, 3.63) is 64.4 Å². The number of nitrogens with zero attached hydrogens (tertiary/aromatic N) is 1. The van der Waals surface area contributed by atoms with Crippen LogP contribution in [0.2, 0.25) is 0 Å². The van der Waals surface area contributed by atoms with Crippen molar-refractivity contribution in [2.75, 3.05) is 0 Å². The lowest BCUT2D eigenvalue weighted by Crippen LogP contribution is -2.62. The molecule has 8 rings (SSSR count). The maximum absolute atomic E-state index is 14.9. The first-order chi connectivity index (χ1) is 23.6. The first kappa shape index (κ1) is 35.2. The summed E-state index contributed by atoms with van der Waals surface area (Å²) in [7, 11) is 0. The van der Waals surface area contributed by atoms with Crippen LogP contribution in [0.3, 0.4) is 0 Å². The Kier molecular flexibility index (Phi) is 7.35. The molecular formula is C44H57NO6. The van der Waals surface area contributed by atoms with Gasteiger partial charge in [-0.1, -0.05) is 45.1 Å². The van der Waals surface area contributed by atoms with E-state index >= 15 is 0 Å². The Morgan fingerprint density at radius 3 is 2.39 bits per heavy atom. The summed E-state index contributed by atoms with van der Waals surface area (Å²) < 4.78 is 8.86. The van der Waals surface area contributed by atoms with Crippen molar-refractivity contribution in [3.63, 3.8) is 0 Å². The van der Waals surface area contributed by atoms with Gasteiger partial charge in [-0.25, -0.2) is 0 Å². The van der Waals surface area contributed by atoms with E-state index in [1.165, 1.54) is 18.2 Å². The average Bonchev–Trinajstić information content (AvgIpc) is 3.67. The SMILES string of the molecule is C=C(C)[C@H]1C(=O)c2c3c(cc4c5c(n1c24)[C@@]1(C)C(CC[C@H]2[C@](C)(/C=C/C(C(C)=O)C(C)O)[C@@H](O)CC[C@@]21C)C5)C1=CC(C)(C)OC(C)(C)C1[C@@H]3O. The number of Topliss-reactive ketones (excluding diaryl/α,β-unsaturated/α-hetero) is 2. The van der Waals surface area contributed by atoms with Gasteiger partial charge in [0.2, 0.25) is 0 Å². The number of carbonyl (C=O) groups excluding carboxylic acids is 2. The van der Waals surface area contributed by atoms with Gasteiger partial charge in [0.15, 0.2) is 5.78 Å². The van der Waals surface area contributed by atoms with Crippen molar-refractivity contribution in [2.45, 2.75) is 142 Å². The summed E-state index contributed by atoms with van der Waals surface area (Å²) in [6.45, 7) is 24.7. The number of ketones is 2. The highest BCUT2D eigenvalue weighted by molar-refractivity contribution is 6.18. The average molecular weight is 696 g/mol. The molecule has 0 radical (unpaired) electrons. The summed E-state index contributed by atoms with van der Waals surface area (Å²) in [6, 6.07) is 1.74. The number of aromatic nitrogens is 1. The van der Waals surface area contributed by atoms with Crippen molar-refractivity contribution in [3.8, 4) is 0 Å². The maximum Gasteiger partial charge on any atom is 0.192 e. The predicted octanol–water partition coefficient (Wildman–Crippen LogP) is 7.74. The normalized spacial score (nSPS) is 39.6. The van der Waals surface area contributed by atoms with Gasteiger partial charge >= 0.3 is 0 Å². The predicted molar refractivity (Wildman–Crippen MR) is 200 cm³/mol. The van der Waals surface area contributed by atoms with Crippen molar-refractivity contribution in [1.82, 2.24) is 4.57 Å². The number of aliphatic hydroxyl groups excluding tert-OH is 3. The molecule has 1 aromatic heterocycles. The molecule has 0 saturated heterocycles. The van der Waals surface area contributed by atoms with Crippen LogP contribution in [0.25, 0.3) is 16.5 Å². The topological polar surface area (TPSA) is 109 Å². The summed E-state index contributed by atoms with van der Waals surface area (Å²) in [4.78, 5) is 27.4. The third kappa shape index (κ3) is 4.27. The number of fused-ring (bicyclic) bond motifs is 11. The first-order valence-electron chi connectivity index (χ1n) is 19.2. The minimum Gasteiger partial charge on any atom is -0.392 e. The number of ether oxygens (including phenoxy) is 1. The highest BCUT2D eigenvalue weighted by atomic mass is 16.5. The molecule has 3 heterocycles. The number of hydrogen-bond donors (Lipinski definition) is 3. The van der Waals surface area contributed by atoms with Crippen LogP contribution >= 0.6 is 0 Å². The molecule has 11 atom stereocenters. The third-order valence-corrected chi connectivity index (χ3v) is 15.3. The minimum atomic E-state index is -0.865. The molecule has 0 bridgehead atoms. The van der Waals surface area contributed by atoms with Gasteiger partial charge in [0.05, 0.1) is 46.5 Å². The van der Waals surface area contributed by atoms with Crippen molar-refractivity contribution < 1.29 is 29.6 Å². The fraction of sp³-hybridized carbons (Fsp3) is 0.636. The standard InChI is InChI=1S/C44H57NO6/c1-21(2)35-38(50)33-32-26(29-20-40(5,6)51-41(7,8)34(29)37(32)49)19-27-28-18-24-12-13-30-42(9,16-14-25(22(3)46)23(4)47)31(48)15-17-43(30,10)44(24,11)39(28)45(35)36(27)33/h14,16,19-20,22,24-25,30-31,34-35,37,46,48-49H,1,12-13,15,17-18H2,2-11H3/b16-14+/t22?,24?,25?,30-,31-,34?,35-,37+,42-,43-,44+/m0/s1. The smallest absolute Gasteiger partial charge is 0.192 e. The fourth-order valence-corrected chi connectivity index (χ4v) is 13.1. The number of carbonyl (C=O) groups is 2. The van der Waals surface area contributed by atoms with Gasteiger partial charge < -0.3 is 24.6 Å². The lowest BCUT2D eigenvalue weighted by Gasteiger charge is -2.64. The van der Waals surface area contributed by atoms with Crippen LogP contribution in [0, 0.1) is 34.5 Å². The third-order valence-electron chi connectivity index (χ3n) is 15.3. The molecule has 4 unspecified atom stereocenters. The number of allylic oxidation sites excluding steroid dienone is 1. The van der Waals surface area contributed by atoms with Crippen LogP contribution in [0.5, 0.6) is 0 Å². The lowest BCUT2D eigenvalue weighted by molar-refractivity contribution is -0.145. The maximum atomic E-state index is 14.9. The van der Waals surface area contributed by atoms with E-state index in [0.717, 1.165) is 58.9 Å². The zero-order chi connectivity index (χ0) is 37.1. The molecule has 1 aromatic carbocycles. The molecule has 2 fully saturated rings. The lowest BCUT2D eigenvalue weighted by atomic mass is 9.40. The highest BCUT2D eigenvalue weighted by Crippen LogP contribution is 2.71. The van der Waals surface area contributed by atoms with E-state index in [-0.39, 0.29) is 34.2 Å². The van der Waals surface area contributed by atoms with Gasteiger partial charge in [-0.2, -0.15) is 0 Å². The second-order valence-corrected chi connectivity index (χ2v) is 19.1. The van der Waals surface area contributed by atoms with E-state index in [0.29, 0.717) is 17.9 Å². The van der Waals surface area contributed by atoms with E-state index in [9.17, 15) is 24.9 Å². The van der Waals surface area contributed by atoms with Crippen LogP contribution in [0.4, 0.5) is 0 Å². The Bertz CT molecular complexity index is 1990.